The molecule has 1 N–H and O–H groups in total. The van der Waals surface area contributed by atoms with Crippen LogP contribution in [-0.4, -0.2) is 20.5 Å². The first-order valence-corrected chi connectivity index (χ1v) is 7.99. The molecule has 0 atom stereocenters. The van der Waals surface area contributed by atoms with Crippen LogP contribution in [0.2, 0.25) is 0 Å². The maximum Gasteiger partial charge on any atom is 0.229 e. The van der Waals surface area contributed by atoms with E-state index in [2.05, 4.69) is 28.4 Å². The predicted octanol–water partition coefficient (Wildman–Crippen LogP) is 4.00. The van der Waals surface area contributed by atoms with E-state index in [1.54, 1.807) is 10.7 Å². The normalized spacial score (nSPS) is 11.7. The molecule has 5 nitrogen and oxygen atoms in total. The molecule has 3 aromatic rings. The van der Waals surface area contributed by atoms with Gasteiger partial charge in [0, 0.05) is 22.9 Å². The van der Waals surface area contributed by atoms with E-state index in [4.69, 9.17) is 0 Å². The molecule has 2 heterocycles. The van der Waals surface area contributed by atoms with Crippen LogP contribution in [0.4, 0.5) is 5.69 Å². The lowest BCUT2D eigenvalue weighted by Gasteiger charge is -2.19. The number of imidazole rings is 1. The Kier molecular flexibility index (Phi) is 3.87. The van der Waals surface area contributed by atoms with Crippen LogP contribution in [-0.2, 0) is 4.79 Å². The Balaban J connectivity index is 2.05. The van der Waals surface area contributed by atoms with Crippen molar-refractivity contribution in [2.75, 3.05) is 5.32 Å². The van der Waals surface area contributed by atoms with Gasteiger partial charge in [-0.2, -0.15) is 5.10 Å². The molecular formula is C19H22N4O. The fourth-order valence-electron chi connectivity index (χ4n) is 2.53. The lowest BCUT2D eigenvalue weighted by atomic mass is 9.95. The molecule has 0 spiro atoms. The summed E-state index contributed by atoms with van der Waals surface area (Å²) in [5, 5.41) is 7.29. The van der Waals surface area contributed by atoms with Crippen LogP contribution in [0.3, 0.4) is 0 Å². The van der Waals surface area contributed by atoms with Gasteiger partial charge in [-0.05, 0) is 43.2 Å². The Bertz CT molecular complexity index is 886. The lowest BCUT2D eigenvalue weighted by molar-refractivity contribution is -0.123. The van der Waals surface area contributed by atoms with Crippen molar-refractivity contribution in [3.63, 3.8) is 0 Å². The molecule has 1 amide bonds. The van der Waals surface area contributed by atoms with E-state index >= 15 is 0 Å². The predicted molar refractivity (Wildman–Crippen MR) is 96.0 cm³/mol. The third-order valence-electron chi connectivity index (χ3n) is 4.01. The molecule has 3 rings (SSSR count). The monoisotopic (exact) mass is 322 g/mol. The Labute approximate surface area is 141 Å². The van der Waals surface area contributed by atoms with Gasteiger partial charge in [0.2, 0.25) is 5.91 Å². The van der Waals surface area contributed by atoms with Crippen LogP contribution in [0.15, 0.2) is 36.7 Å². The van der Waals surface area contributed by atoms with Crippen molar-refractivity contribution in [2.45, 2.75) is 34.6 Å². The van der Waals surface area contributed by atoms with Gasteiger partial charge in [0.25, 0.3) is 0 Å². The summed E-state index contributed by atoms with van der Waals surface area (Å²) in [6, 6.07) is 7.85. The second-order valence-corrected chi connectivity index (χ2v) is 7.14. The molecule has 0 bridgehead atoms. The molecule has 1 aromatic carbocycles. The van der Waals surface area contributed by atoms with Crippen molar-refractivity contribution in [3.05, 3.63) is 47.8 Å². The van der Waals surface area contributed by atoms with Crippen LogP contribution in [0, 0.1) is 19.3 Å². The van der Waals surface area contributed by atoms with Crippen molar-refractivity contribution >= 4 is 17.2 Å². The van der Waals surface area contributed by atoms with E-state index in [0.717, 1.165) is 33.7 Å². The highest BCUT2D eigenvalue weighted by molar-refractivity contribution is 5.96. The summed E-state index contributed by atoms with van der Waals surface area (Å²) < 4.78 is 1.75. The fourth-order valence-corrected chi connectivity index (χ4v) is 2.53. The molecule has 24 heavy (non-hydrogen) atoms. The van der Waals surface area contributed by atoms with Gasteiger partial charge in [-0.25, -0.2) is 9.50 Å². The van der Waals surface area contributed by atoms with Gasteiger partial charge in [-0.15, -0.1) is 0 Å². The van der Waals surface area contributed by atoms with Gasteiger partial charge >= 0.3 is 0 Å². The highest BCUT2D eigenvalue weighted by Gasteiger charge is 2.22. The highest BCUT2D eigenvalue weighted by Crippen LogP contribution is 2.30. The van der Waals surface area contributed by atoms with Gasteiger partial charge in [0.05, 0.1) is 11.9 Å². The maximum atomic E-state index is 12.3. The number of nitrogens with one attached hydrogen (secondary N) is 1. The van der Waals surface area contributed by atoms with E-state index in [1.807, 2.05) is 52.1 Å². The average molecular weight is 322 g/mol. The zero-order valence-corrected chi connectivity index (χ0v) is 14.7. The van der Waals surface area contributed by atoms with Gasteiger partial charge in [0.15, 0.2) is 5.65 Å². The molecule has 0 aliphatic heterocycles. The number of carbonyl (C=O) groups is 1. The first kappa shape index (κ1) is 16.2. The van der Waals surface area contributed by atoms with Crippen molar-refractivity contribution in [1.29, 1.82) is 0 Å². The van der Waals surface area contributed by atoms with E-state index in [-0.39, 0.29) is 5.91 Å². The maximum absolute atomic E-state index is 12.3. The lowest BCUT2D eigenvalue weighted by Crippen LogP contribution is -2.28. The Morgan fingerprint density at radius 2 is 1.92 bits per heavy atom. The molecule has 0 saturated carbocycles. The Hall–Kier alpha value is -2.69. The second kappa shape index (κ2) is 5.74. The number of benzene rings is 1. The van der Waals surface area contributed by atoms with E-state index in [0.29, 0.717) is 0 Å². The first-order chi connectivity index (χ1) is 11.3. The number of aryl methyl sites for hydroxylation is 2. The standard InChI is InChI=1S/C19H22N4O/c1-12-9-13(2)15(22-18(24)19(3,4)5)10-14(12)16-11-23-17(21-16)7-6-8-20-23/h6-11H,1-5H3,(H,22,24). The van der Waals surface area contributed by atoms with E-state index < -0.39 is 5.41 Å². The molecule has 0 fully saturated rings. The molecule has 124 valence electrons. The highest BCUT2D eigenvalue weighted by atomic mass is 16.2. The number of hydrogen-bond acceptors (Lipinski definition) is 3. The summed E-state index contributed by atoms with van der Waals surface area (Å²) in [4.78, 5) is 16.9. The van der Waals surface area contributed by atoms with Crippen LogP contribution in [0.1, 0.15) is 31.9 Å². The summed E-state index contributed by atoms with van der Waals surface area (Å²) in [5.74, 6) is -0.00271. The summed E-state index contributed by atoms with van der Waals surface area (Å²) in [5.41, 5.74) is 5.17. The average Bonchev–Trinajstić information content (AvgIpc) is 2.92. The Morgan fingerprint density at radius 1 is 1.17 bits per heavy atom. The molecule has 0 radical (unpaired) electrons. The third-order valence-corrected chi connectivity index (χ3v) is 4.01. The number of carbonyl (C=O) groups excluding carboxylic acids is 1. The van der Waals surface area contributed by atoms with Gasteiger partial charge in [-0.3, -0.25) is 4.79 Å². The molecule has 2 aromatic heterocycles. The summed E-state index contributed by atoms with van der Waals surface area (Å²) in [6.45, 7) is 9.76. The molecule has 0 unspecified atom stereocenters. The van der Waals surface area contributed by atoms with Crippen molar-refractivity contribution < 1.29 is 4.79 Å². The quantitative estimate of drug-likeness (QED) is 0.776. The number of anilines is 1. The van der Waals surface area contributed by atoms with E-state index in [1.165, 1.54) is 0 Å². The topological polar surface area (TPSA) is 59.3 Å². The second-order valence-electron chi connectivity index (χ2n) is 7.14. The smallest absolute Gasteiger partial charge is 0.229 e. The van der Waals surface area contributed by atoms with Gasteiger partial charge < -0.3 is 5.32 Å². The number of hydrogen-bond donors (Lipinski definition) is 1. The molecule has 0 saturated heterocycles. The van der Waals surface area contributed by atoms with Crippen LogP contribution < -0.4 is 5.32 Å². The third kappa shape index (κ3) is 3.02. The van der Waals surface area contributed by atoms with Crippen LogP contribution in [0.25, 0.3) is 16.9 Å². The van der Waals surface area contributed by atoms with Gasteiger partial charge in [0.1, 0.15) is 0 Å². The summed E-state index contributed by atoms with van der Waals surface area (Å²) in [6.07, 6.45) is 3.64. The molecule has 0 aliphatic rings. The molecule has 5 heteroatoms. The molecule has 0 aliphatic carbocycles. The van der Waals surface area contributed by atoms with Crippen molar-refractivity contribution in [3.8, 4) is 11.3 Å². The minimum Gasteiger partial charge on any atom is -0.325 e. The fraction of sp³-hybridized carbons (Fsp3) is 0.316. The van der Waals surface area contributed by atoms with Gasteiger partial charge in [-0.1, -0.05) is 26.8 Å². The summed E-state index contributed by atoms with van der Waals surface area (Å²) >= 11 is 0. The van der Waals surface area contributed by atoms with Crippen molar-refractivity contribution in [1.82, 2.24) is 14.6 Å². The van der Waals surface area contributed by atoms with E-state index in [9.17, 15) is 4.79 Å². The first-order valence-electron chi connectivity index (χ1n) is 7.99. The van der Waals surface area contributed by atoms with Crippen molar-refractivity contribution in [2.24, 2.45) is 5.41 Å². The minimum atomic E-state index is -0.440. The number of nitrogens with zero attached hydrogens (tertiary/aromatic N) is 3. The molecular weight excluding hydrogens is 300 g/mol. The zero-order valence-electron chi connectivity index (χ0n) is 14.7. The number of aromatic nitrogens is 3. The van der Waals surface area contributed by atoms with Crippen LogP contribution in [0.5, 0.6) is 0 Å². The summed E-state index contributed by atoms with van der Waals surface area (Å²) in [7, 11) is 0. The minimum absolute atomic E-state index is 0.00271. The van der Waals surface area contributed by atoms with Crippen LogP contribution >= 0.6 is 0 Å². The SMILES string of the molecule is Cc1cc(C)c(-c2cn3ncccc3n2)cc1NC(=O)C(C)(C)C. The largest absolute Gasteiger partial charge is 0.325 e. The zero-order chi connectivity index (χ0) is 17.5. The number of fused-ring (bicyclic) bond motifs is 1. The number of rotatable bonds is 2. The Morgan fingerprint density at radius 3 is 2.58 bits per heavy atom. The number of amides is 1.